The summed E-state index contributed by atoms with van der Waals surface area (Å²) in [5.41, 5.74) is 8.56. The lowest BCUT2D eigenvalue weighted by atomic mass is 10.0. The van der Waals surface area contributed by atoms with Crippen molar-refractivity contribution >= 4 is 0 Å². The normalized spacial score (nSPS) is 17.8. The number of hydrogen-bond donors (Lipinski definition) is 1. The van der Waals surface area contributed by atoms with Gasteiger partial charge in [0.15, 0.2) is 0 Å². The van der Waals surface area contributed by atoms with Gasteiger partial charge in [-0.25, -0.2) is 0 Å². The highest BCUT2D eigenvalue weighted by Crippen LogP contribution is 2.28. The Kier molecular flexibility index (Phi) is 6.02. The number of methoxy groups -OCH3 is 1. The molecule has 1 aliphatic rings. The van der Waals surface area contributed by atoms with Gasteiger partial charge in [0.2, 0.25) is 0 Å². The molecule has 1 unspecified atom stereocenters. The molecule has 1 atom stereocenters. The first-order valence-electron chi connectivity index (χ1n) is 7.72. The van der Waals surface area contributed by atoms with Crippen LogP contribution in [0.5, 0.6) is 0 Å². The maximum Gasteiger partial charge on any atom is 0.0713 e. The first kappa shape index (κ1) is 15.5. The number of hydrogen-bond acceptors (Lipinski definition) is 3. The molecule has 112 valence electrons. The molecule has 0 amide bonds. The standard InChI is InChI=1S/C17H28N2O/c1-19(12-14-6-3-4-7-14)17(11-18)16-9-5-8-15(10-16)13-20-2/h5,8-10,14,17H,3-4,6-7,11-13,18H2,1-2H3. The van der Waals surface area contributed by atoms with Crippen molar-refractivity contribution in [3.8, 4) is 0 Å². The molecular formula is C17H28N2O. The van der Waals surface area contributed by atoms with Crippen molar-refractivity contribution in [3.63, 3.8) is 0 Å². The summed E-state index contributed by atoms with van der Waals surface area (Å²) in [6.45, 7) is 2.49. The van der Waals surface area contributed by atoms with E-state index in [1.54, 1.807) is 7.11 Å². The lowest BCUT2D eigenvalue weighted by Crippen LogP contribution is -2.33. The molecule has 2 rings (SSSR count). The second-order valence-corrected chi connectivity index (χ2v) is 6.02. The lowest BCUT2D eigenvalue weighted by molar-refractivity contribution is 0.184. The molecule has 0 spiro atoms. The van der Waals surface area contributed by atoms with Crippen LogP contribution in [0.1, 0.15) is 42.9 Å². The van der Waals surface area contributed by atoms with E-state index in [9.17, 15) is 0 Å². The molecule has 0 heterocycles. The summed E-state index contributed by atoms with van der Waals surface area (Å²) in [5.74, 6) is 0.858. The minimum Gasteiger partial charge on any atom is -0.380 e. The molecule has 0 aromatic heterocycles. The van der Waals surface area contributed by atoms with Crippen LogP contribution in [0, 0.1) is 5.92 Å². The molecule has 0 radical (unpaired) electrons. The molecule has 1 aromatic carbocycles. The third kappa shape index (κ3) is 4.05. The summed E-state index contributed by atoms with van der Waals surface area (Å²) in [4.78, 5) is 2.43. The van der Waals surface area contributed by atoms with Crippen LogP contribution in [0.4, 0.5) is 0 Å². The Morgan fingerprint density at radius 2 is 2.10 bits per heavy atom. The predicted octanol–water partition coefficient (Wildman–Crippen LogP) is 2.95. The van der Waals surface area contributed by atoms with Crippen LogP contribution in [-0.4, -0.2) is 32.1 Å². The maximum absolute atomic E-state index is 6.03. The Labute approximate surface area is 123 Å². The van der Waals surface area contributed by atoms with Crippen molar-refractivity contribution in [1.29, 1.82) is 0 Å². The summed E-state index contributed by atoms with van der Waals surface area (Å²) in [5, 5.41) is 0. The Hall–Kier alpha value is -0.900. The van der Waals surface area contributed by atoms with E-state index in [1.807, 2.05) is 0 Å². The lowest BCUT2D eigenvalue weighted by Gasteiger charge is -2.30. The fourth-order valence-corrected chi connectivity index (χ4v) is 3.35. The van der Waals surface area contributed by atoms with Gasteiger partial charge < -0.3 is 10.5 Å². The zero-order valence-electron chi connectivity index (χ0n) is 12.8. The second-order valence-electron chi connectivity index (χ2n) is 6.02. The quantitative estimate of drug-likeness (QED) is 0.832. The Balaban J connectivity index is 2.03. The molecular weight excluding hydrogens is 248 g/mol. The van der Waals surface area contributed by atoms with Crippen molar-refractivity contribution in [3.05, 3.63) is 35.4 Å². The highest BCUT2D eigenvalue weighted by molar-refractivity contribution is 5.26. The minimum absolute atomic E-state index is 0.312. The molecule has 0 bridgehead atoms. The third-order valence-corrected chi connectivity index (χ3v) is 4.42. The fraction of sp³-hybridized carbons (Fsp3) is 0.647. The zero-order chi connectivity index (χ0) is 14.4. The third-order valence-electron chi connectivity index (χ3n) is 4.42. The number of benzene rings is 1. The molecule has 3 nitrogen and oxygen atoms in total. The van der Waals surface area contributed by atoms with Gasteiger partial charge in [-0.15, -0.1) is 0 Å². The largest absolute Gasteiger partial charge is 0.380 e. The Bertz CT molecular complexity index is 402. The van der Waals surface area contributed by atoms with Gasteiger partial charge >= 0.3 is 0 Å². The smallest absolute Gasteiger partial charge is 0.0713 e. The SMILES string of the molecule is COCc1cccc(C(CN)N(C)CC2CCCC2)c1. The van der Waals surface area contributed by atoms with Crippen LogP contribution in [-0.2, 0) is 11.3 Å². The van der Waals surface area contributed by atoms with Crippen molar-refractivity contribution in [2.24, 2.45) is 11.7 Å². The van der Waals surface area contributed by atoms with Crippen LogP contribution < -0.4 is 5.73 Å². The van der Waals surface area contributed by atoms with Crippen molar-refractivity contribution in [2.45, 2.75) is 38.3 Å². The molecule has 0 aliphatic heterocycles. The first-order valence-corrected chi connectivity index (χ1v) is 7.72. The molecule has 1 aliphatic carbocycles. The maximum atomic E-state index is 6.03. The van der Waals surface area contributed by atoms with E-state index in [2.05, 4.69) is 36.2 Å². The Morgan fingerprint density at radius 1 is 1.35 bits per heavy atom. The van der Waals surface area contributed by atoms with E-state index >= 15 is 0 Å². The van der Waals surface area contributed by atoms with E-state index in [4.69, 9.17) is 10.5 Å². The number of nitrogens with two attached hydrogens (primary N) is 1. The summed E-state index contributed by atoms with van der Waals surface area (Å²) >= 11 is 0. The monoisotopic (exact) mass is 276 g/mol. The van der Waals surface area contributed by atoms with Gasteiger partial charge in [-0.3, -0.25) is 4.90 Å². The topological polar surface area (TPSA) is 38.5 Å². The van der Waals surface area contributed by atoms with Crippen LogP contribution in [0.15, 0.2) is 24.3 Å². The van der Waals surface area contributed by atoms with E-state index in [0.29, 0.717) is 19.2 Å². The summed E-state index contributed by atoms with van der Waals surface area (Å²) in [7, 11) is 3.94. The molecule has 1 saturated carbocycles. The van der Waals surface area contributed by atoms with Gasteiger partial charge in [-0.2, -0.15) is 0 Å². The predicted molar refractivity (Wildman–Crippen MR) is 83.5 cm³/mol. The first-order chi connectivity index (χ1) is 9.74. The molecule has 20 heavy (non-hydrogen) atoms. The van der Waals surface area contributed by atoms with Crippen LogP contribution in [0.25, 0.3) is 0 Å². The van der Waals surface area contributed by atoms with E-state index in [-0.39, 0.29) is 0 Å². The number of likely N-dealkylation sites (N-methyl/N-ethyl adjacent to an activating group) is 1. The minimum atomic E-state index is 0.312. The van der Waals surface area contributed by atoms with Gasteiger partial charge in [-0.05, 0) is 36.9 Å². The summed E-state index contributed by atoms with van der Waals surface area (Å²) in [6.07, 6.45) is 5.56. The highest BCUT2D eigenvalue weighted by atomic mass is 16.5. The van der Waals surface area contributed by atoms with E-state index in [0.717, 1.165) is 12.5 Å². The van der Waals surface area contributed by atoms with Gasteiger partial charge in [0.05, 0.1) is 6.61 Å². The second kappa shape index (κ2) is 7.77. The zero-order valence-corrected chi connectivity index (χ0v) is 12.8. The van der Waals surface area contributed by atoms with E-state index in [1.165, 1.54) is 36.8 Å². The van der Waals surface area contributed by atoms with Crippen molar-refractivity contribution in [1.82, 2.24) is 4.90 Å². The Morgan fingerprint density at radius 3 is 2.75 bits per heavy atom. The van der Waals surface area contributed by atoms with Gasteiger partial charge in [0.1, 0.15) is 0 Å². The van der Waals surface area contributed by atoms with Gasteiger partial charge in [0, 0.05) is 26.2 Å². The number of nitrogens with zero attached hydrogens (tertiary/aromatic N) is 1. The fourth-order valence-electron chi connectivity index (χ4n) is 3.35. The molecule has 1 fully saturated rings. The highest BCUT2D eigenvalue weighted by Gasteiger charge is 2.21. The van der Waals surface area contributed by atoms with Crippen LogP contribution >= 0.6 is 0 Å². The van der Waals surface area contributed by atoms with E-state index < -0.39 is 0 Å². The molecule has 2 N–H and O–H groups in total. The summed E-state index contributed by atoms with van der Waals surface area (Å²) in [6, 6.07) is 8.94. The van der Waals surface area contributed by atoms with Crippen molar-refractivity contribution < 1.29 is 4.74 Å². The number of rotatable bonds is 7. The average Bonchev–Trinajstić information content (AvgIpc) is 2.93. The van der Waals surface area contributed by atoms with Gasteiger partial charge in [0.25, 0.3) is 0 Å². The molecule has 1 aromatic rings. The number of ether oxygens (including phenoxy) is 1. The van der Waals surface area contributed by atoms with Crippen LogP contribution in [0.2, 0.25) is 0 Å². The van der Waals surface area contributed by atoms with Crippen LogP contribution in [0.3, 0.4) is 0 Å². The van der Waals surface area contributed by atoms with Crippen molar-refractivity contribution in [2.75, 3.05) is 27.2 Å². The molecule has 3 heteroatoms. The average molecular weight is 276 g/mol. The molecule has 0 saturated heterocycles. The van der Waals surface area contributed by atoms with Gasteiger partial charge in [-0.1, -0.05) is 37.1 Å². The summed E-state index contributed by atoms with van der Waals surface area (Å²) < 4.78 is 5.22.